The van der Waals surface area contributed by atoms with Gasteiger partial charge in [-0.25, -0.2) is 4.79 Å². The number of carbonyl (C=O) groups excluding carboxylic acids is 4. The van der Waals surface area contributed by atoms with Crippen LogP contribution in [0.5, 0.6) is 0 Å². The van der Waals surface area contributed by atoms with Crippen molar-refractivity contribution < 1.29 is 28.7 Å². The molecule has 6 nitrogen and oxygen atoms in total. The van der Waals surface area contributed by atoms with E-state index in [0.717, 1.165) is 0 Å². The Hall–Kier alpha value is -2.50. The fourth-order valence-corrected chi connectivity index (χ4v) is 2.17. The predicted molar refractivity (Wildman–Crippen MR) is 91.1 cm³/mol. The molecule has 1 atom stereocenters. The molecular formula is C19H24O6. The van der Waals surface area contributed by atoms with Crippen LogP contribution >= 0.6 is 0 Å². The normalized spacial score (nSPS) is 11.4. The molecule has 0 aromatic heterocycles. The number of carbonyl (C=O) groups is 4. The first-order valence-electron chi connectivity index (χ1n) is 8.31. The van der Waals surface area contributed by atoms with Gasteiger partial charge in [-0.05, 0) is 38.3 Å². The highest BCUT2D eigenvalue weighted by atomic mass is 16.5. The maximum Gasteiger partial charge on any atom is 0.338 e. The van der Waals surface area contributed by atoms with Crippen LogP contribution in [0.15, 0.2) is 30.3 Å². The van der Waals surface area contributed by atoms with Gasteiger partial charge in [0.25, 0.3) is 0 Å². The standard InChI is InChI=1S/C19H24O6/c1-14(20)11-12-18(17(22)10-6-7-13-24-15(2)21)25-19(23)16-8-4-3-5-9-16/h3-5,8-9,18H,6-7,10-13H2,1-2H3. The van der Waals surface area contributed by atoms with Crippen LogP contribution in [0.4, 0.5) is 0 Å². The highest BCUT2D eigenvalue weighted by molar-refractivity contribution is 5.93. The van der Waals surface area contributed by atoms with Crippen molar-refractivity contribution >= 4 is 23.5 Å². The second kappa shape index (κ2) is 11.1. The third kappa shape index (κ3) is 8.79. The van der Waals surface area contributed by atoms with Crippen molar-refractivity contribution in [2.75, 3.05) is 6.61 Å². The molecule has 0 saturated heterocycles. The van der Waals surface area contributed by atoms with E-state index in [4.69, 9.17) is 9.47 Å². The summed E-state index contributed by atoms with van der Waals surface area (Å²) in [5, 5.41) is 0. The van der Waals surface area contributed by atoms with Crippen molar-refractivity contribution in [2.45, 2.75) is 52.1 Å². The van der Waals surface area contributed by atoms with Gasteiger partial charge >= 0.3 is 11.9 Å². The Balaban J connectivity index is 2.56. The van der Waals surface area contributed by atoms with Crippen molar-refractivity contribution in [3.8, 4) is 0 Å². The van der Waals surface area contributed by atoms with Gasteiger partial charge in [0.15, 0.2) is 11.9 Å². The van der Waals surface area contributed by atoms with E-state index in [-0.39, 0.29) is 43.4 Å². The van der Waals surface area contributed by atoms with Crippen LogP contribution < -0.4 is 0 Å². The number of ketones is 2. The Morgan fingerprint density at radius 2 is 1.64 bits per heavy atom. The summed E-state index contributed by atoms with van der Waals surface area (Å²) in [5.74, 6) is -1.23. The van der Waals surface area contributed by atoms with Crippen LogP contribution in [0.2, 0.25) is 0 Å². The second-order valence-corrected chi connectivity index (χ2v) is 5.76. The van der Waals surface area contributed by atoms with Crippen LogP contribution in [0.25, 0.3) is 0 Å². The monoisotopic (exact) mass is 348 g/mol. The molecule has 1 unspecified atom stereocenters. The molecule has 25 heavy (non-hydrogen) atoms. The highest BCUT2D eigenvalue weighted by Gasteiger charge is 2.23. The Kier molecular flexibility index (Phi) is 9.14. The van der Waals surface area contributed by atoms with E-state index in [1.54, 1.807) is 30.3 Å². The van der Waals surface area contributed by atoms with Crippen molar-refractivity contribution in [3.63, 3.8) is 0 Å². The summed E-state index contributed by atoms with van der Waals surface area (Å²) < 4.78 is 10.1. The number of unbranched alkanes of at least 4 members (excludes halogenated alkanes) is 1. The fraction of sp³-hybridized carbons (Fsp3) is 0.474. The van der Waals surface area contributed by atoms with Crippen LogP contribution in [-0.2, 0) is 23.9 Å². The first-order chi connectivity index (χ1) is 11.9. The molecule has 0 amide bonds. The summed E-state index contributed by atoms with van der Waals surface area (Å²) in [7, 11) is 0. The van der Waals surface area contributed by atoms with E-state index in [2.05, 4.69) is 0 Å². The molecule has 1 aromatic rings. The quantitative estimate of drug-likeness (QED) is 0.451. The van der Waals surface area contributed by atoms with E-state index >= 15 is 0 Å². The third-order valence-corrected chi connectivity index (χ3v) is 3.50. The number of rotatable bonds is 11. The van der Waals surface area contributed by atoms with Gasteiger partial charge in [0, 0.05) is 19.8 Å². The number of esters is 2. The first kappa shape index (κ1) is 20.5. The zero-order valence-corrected chi connectivity index (χ0v) is 14.7. The van der Waals surface area contributed by atoms with E-state index in [1.807, 2.05) is 0 Å². The highest BCUT2D eigenvalue weighted by Crippen LogP contribution is 2.13. The van der Waals surface area contributed by atoms with Gasteiger partial charge in [0.2, 0.25) is 0 Å². The predicted octanol–water partition coefficient (Wildman–Crippen LogP) is 2.88. The second-order valence-electron chi connectivity index (χ2n) is 5.76. The van der Waals surface area contributed by atoms with Crippen LogP contribution in [-0.4, -0.2) is 36.2 Å². The first-order valence-corrected chi connectivity index (χ1v) is 8.31. The SMILES string of the molecule is CC(=O)CCC(OC(=O)c1ccccc1)C(=O)CCCCOC(C)=O. The fourth-order valence-electron chi connectivity index (χ4n) is 2.17. The lowest BCUT2D eigenvalue weighted by molar-refractivity contribution is -0.141. The average molecular weight is 348 g/mol. The number of hydrogen-bond donors (Lipinski definition) is 0. The van der Waals surface area contributed by atoms with Gasteiger partial charge in [0.05, 0.1) is 12.2 Å². The minimum absolute atomic E-state index is 0.0663. The zero-order chi connectivity index (χ0) is 18.7. The Labute approximate surface area is 147 Å². The molecule has 0 fully saturated rings. The molecule has 0 aliphatic heterocycles. The molecule has 0 spiro atoms. The molecule has 1 rings (SSSR count). The molecule has 1 aromatic carbocycles. The Bertz CT molecular complexity index is 593. The molecule has 0 aliphatic rings. The summed E-state index contributed by atoms with van der Waals surface area (Å²) in [6, 6.07) is 8.40. The van der Waals surface area contributed by atoms with E-state index < -0.39 is 12.1 Å². The van der Waals surface area contributed by atoms with Gasteiger partial charge in [-0.15, -0.1) is 0 Å². The van der Waals surface area contributed by atoms with Crippen LogP contribution in [0.3, 0.4) is 0 Å². The molecule has 0 N–H and O–H groups in total. The van der Waals surface area contributed by atoms with Gasteiger partial charge in [-0.3, -0.25) is 9.59 Å². The lowest BCUT2D eigenvalue weighted by Gasteiger charge is -2.16. The summed E-state index contributed by atoms with van der Waals surface area (Å²) in [4.78, 5) is 46.3. The van der Waals surface area contributed by atoms with E-state index in [9.17, 15) is 19.2 Å². The molecule has 0 aliphatic carbocycles. The maximum absolute atomic E-state index is 12.3. The summed E-state index contributed by atoms with van der Waals surface area (Å²) in [6.45, 7) is 3.01. The van der Waals surface area contributed by atoms with Crippen molar-refractivity contribution in [3.05, 3.63) is 35.9 Å². The topological polar surface area (TPSA) is 86.7 Å². The molecule has 0 heterocycles. The molecule has 136 valence electrons. The van der Waals surface area contributed by atoms with Gasteiger partial charge < -0.3 is 14.3 Å². The van der Waals surface area contributed by atoms with Crippen LogP contribution in [0, 0.1) is 0 Å². The molecule has 6 heteroatoms. The third-order valence-electron chi connectivity index (χ3n) is 3.50. The zero-order valence-electron chi connectivity index (χ0n) is 14.7. The smallest absolute Gasteiger partial charge is 0.338 e. The van der Waals surface area contributed by atoms with Gasteiger partial charge in [-0.2, -0.15) is 0 Å². The number of hydrogen-bond acceptors (Lipinski definition) is 6. The van der Waals surface area contributed by atoms with Gasteiger partial charge in [-0.1, -0.05) is 18.2 Å². The molecular weight excluding hydrogens is 324 g/mol. The number of ether oxygens (including phenoxy) is 2. The lowest BCUT2D eigenvalue weighted by Crippen LogP contribution is -2.28. The average Bonchev–Trinajstić information content (AvgIpc) is 2.58. The Morgan fingerprint density at radius 1 is 0.960 bits per heavy atom. The number of Topliss-reactive ketones (excluding diaryl/α,β-unsaturated/α-hetero) is 2. The lowest BCUT2D eigenvalue weighted by atomic mass is 10.0. The Morgan fingerprint density at radius 3 is 2.24 bits per heavy atom. The van der Waals surface area contributed by atoms with Crippen molar-refractivity contribution in [1.29, 1.82) is 0 Å². The van der Waals surface area contributed by atoms with Gasteiger partial charge in [0.1, 0.15) is 5.78 Å². The maximum atomic E-state index is 12.3. The van der Waals surface area contributed by atoms with E-state index in [1.165, 1.54) is 13.8 Å². The number of benzene rings is 1. The summed E-state index contributed by atoms with van der Waals surface area (Å²) in [6.07, 6.45) is 0.683. The minimum atomic E-state index is -0.940. The summed E-state index contributed by atoms with van der Waals surface area (Å²) >= 11 is 0. The van der Waals surface area contributed by atoms with Crippen molar-refractivity contribution in [1.82, 2.24) is 0 Å². The van der Waals surface area contributed by atoms with E-state index in [0.29, 0.717) is 18.4 Å². The largest absolute Gasteiger partial charge is 0.466 e. The molecule has 0 bridgehead atoms. The molecule has 0 saturated carbocycles. The van der Waals surface area contributed by atoms with Crippen molar-refractivity contribution in [2.24, 2.45) is 0 Å². The minimum Gasteiger partial charge on any atom is -0.466 e. The van der Waals surface area contributed by atoms with Crippen LogP contribution in [0.1, 0.15) is 56.3 Å². The molecule has 0 radical (unpaired) electrons. The summed E-state index contributed by atoms with van der Waals surface area (Å²) in [5.41, 5.74) is 0.359.